The Hall–Kier alpha value is -0.0800. The highest BCUT2D eigenvalue weighted by atomic mass is 15.2. The van der Waals surface area contributed by atoms with Crippen LogP contribution in [0, 0.1) is 5.92 Å². The Kier molecular flexibility index (Phi) is 3.13. The summed E-state index contributed by atoms with van der Waals surface area (Å²) in [5, 5.41) is 0. The van der Waals surface area contributed by atoms with Crippen molar-refractivity contribution in [2.45, 2.75) is 51.7 Å². The highest BCUT2D eigenvalue weighted by Gasteiger charge is 2.29. The first-order valence-corrected chi connectivity index (χ1v) is 5.00. The Bertz CT molecular complexity index is 133. The molecule has 0 amide bonds. The lowest BCUT2D eigenvalue weighted by Gasteiger charge is -2.41. The van der Waals surface area contributed by atoms with Gasteiger partial charge in [-0.1, -0.05) is 0 Å². The van der Waals surface area contributed by atoms with Crippen molar-refractivity contribution in [3.05, 3.63) is 0 Å². The van der Waals surface area contributed by atoms with E-state index in [1.54, 1.807) is 0 Å². The number of rotatable bonds is 1. The molecule has 1 aliphatic heterocycles. The molecule has 3 unspecified atom stereocenters. The number of piperidine rings is 1. The van der Waals surface area contributed by atoms with Crippen LogP contribution in [0.5, 0.6) is 0 Å². The third-order valence-corrected chi connectivity index (χ3v) is 3.42. The quantitative estimate of drug-likeness (QED) is 0.645. The number of nitrogens with two attached hydrogens (primary N) is 1. The van der Waals surface area contributed by atoms with Crippen molar-refractivity contribution in [3.63, 3.8) is 0 Å². The van der Waals surface area contributed by atoms with E-state index in [4.69, 9.17) is 5.73 Å². The van der Waals surface area contributed by atoms with Crippen LogP contribution in [0.3, 0.4) is 0 Å². The van der Waals surface area contributed by atoms with Crippen LogP contribution in [-0.2, 0) is 0 Å². The minimum absolute atomic E-state index is 0.364. The van der Waals surface area contributed by atoms with Crippen molar-refractivity contribution in [2.24, 2.45) is 11.7 Å². The molecular weight excluding hydrogens is 148 g/mol. The van der Waals surface area contributed by atoms with Gasteiger partial charge in [-0.15, -0.1) is 0 Å². The van der Waals surface area contributed by atoms with Crippen molar-refractivity contribution in [3.8, 4) is 0 Å². The monoisotopic (exact) mass is 170 g/mol. The maximum Gasteiger partial charge on any atom is 0.00699 e. The Morgan fingerprint density at radius 2 is 1.67 bits per heavy atom. The molecule has 2 N–H and O–H groups in total. The summed E-state index contributed by atoms with van der Waals surface area (Å²) in [6.45, 7) is 6.73. The average Bonchev–Trinajstić information content (AvgIpc) is 1.99. The van der Waals surface area contributed by atoms with Gasteiger partial charge in [0.15, 0.2) is 0 Å². The Morgan fingerprint density at radius 1 is 1.25 bits per heavy atom. The Balaban J connectivity index is 2.53. The van der Waals surface area contributed by atoms with E-state index in [-0.39, 0.29) is 0 Å². The molecule has 1 aliphatic rings. The molecule has 0 aromatic rings. The molecule has 0 aromatic heterocycles. The minimum Gasteiger partial charge on any atom is -0.328 e. The first kappa shape index (κ1) is 10.0. The zero-order valence-corrected chi connectivity index (χ0v) is 8.75. The second-order valence-corrected chi connectivity index (χ2v) is 4.45. The maximum absolute atomic E-state index is 5.92. The van der Waals surface area contributed by atoms with Gasteiger partial charge in [0, 0.05) is 18.1 Å². The van der Waals surface area contributed by atoms with Crippen molar-refractivity contribution in [1.29, 1.82) is 0 Å². The molecule has 2 heteroatoms. The van der Waals surface area contributed by atoms with Gasteiger partial charge >= 0.3 is 0 Å². The average molecular weight is 170 g/mol. The van der Waals surface area contributed by atoms with Crippen molar-refractivity contribution < 1.29 is 0 Å². The first-order valence-electron chi connectivity index (χ1n) is 5.00. The molecule has 1 fully saturated rings. The van der Waals surface area contributed by atoms with E-state index >= 15 is 0 Å². The van der Waals surface area contributed by atoms with Crippen LogP contribution in [-0.4, -0.2) is 30.1 Å². The highest BCUT2D eigenvalue weighted by Crippen LogP contribution is 2.27. The van der Waals surface area contributed by atoms with E-state index in [1.165, 1.54) is 12.8 Å². The molecule has 1 heterocycles. The summed E-state index contributed by atoms with van der Waals surface area (Å²) in [7, 11) is 2.22. The standard InChI is InChI=1S/C10H22N2/c1-7-5-10(9(3)11)6-8(2)12(7)4/h7-10H,5-6,11H2,1-4H3. The van der Waals surface area contributed by atoms with E-state index in [9.17, 15) is 0 Å². The molecule has 12 heavy (non-hydrogen) atoms. The molecule has 0 saturated carbocycles. The Labute approximate surface area is 76.1 Å². The molecule has 0 aromatic carbocycles. The second-order valence-electron chi connectivity index (χ2n) is 4.45. The normalized spacial score (nSPS) is 41.2. The van der Waals surface area contributed by atoms with Crippen LogP contribution in [0.1, 0.15) is 33.6 Å². The van der Waals surface area contributed by atoms with Gasteiger partial charge in [-0.3, -0.25) is 0 Å². The molecule has 0 radical (unpaired) electrons. The van der Waals surface area contributed by atoms with Crippen molar-refractivity contribution in [2.75, 3.05) is 7.05 Å². The van der Waals surface area contributed by atoms with E-state index in [0.717, 1.165) is 5.92 Å². The SMILES string of the molecule is CC(N)C1CC(C)N(C)C(C)C1. The summed E-state index contributed by atoms with van der Waals surface area (Å²) in [6, 6.07) is 1.76. The molecule has 1 rings (SSSR count). The van der Waals surface area contributed by atoms with Crippen molar-refractivity contribution in [1.82, 2.24) is 4.90 Å². The molecule has 2 nitrogen and oxygen atoms in total. The molecule has 0 spiro atoms. The lowest BCUT2D eigenvalue weighted by molar-refractivity contribution is 0.0895. The molecule has 72 valence electrons. The largest absolute Gasteiger partial charge is 0.328 e. The fourth-order valence-corrected chi connectivity index (χ4v) is 2.17. The highest BCUT2D eigenvalue weighted by molar-refractivity contribution is 4.85. The van der Waals surface area contributed by atoms with Crippen LogP contribution < -0.4 is 5.73 Å². The van der Waals surface area contributed by atoms with E-state index < -0.39 is 0 Å². The van der Waals surface area contributed by atoms with Gasteiger partial charge < -0.3 is 10.6 Å². The molecule has 0 bridgehead atoms. The van der Waals surface area contributed by atoms with Crippen LogP contribution in [0.4, 0.5) is 0 Å². The van der Waals surface area contributed by atoms with Crippen molar-refractivity contribution >= 4 is 0 Å². The lowest BCUT2D eigenvalue weighted by Crippen LogP contribution is -2.47. The number of nitrogens with zero attached hydrogens (tertiary/aromatic N) is 1. The predicted octanol–water partition coefficient (Wildman–Crippen LogP) is 1.45. The summed E-state index contributed by atoms with van der Waals surface area (Å²) >= 11 is 0. The summed E-state index contributed by atoms with van der Waals surface area (Å²) in [5.74, 6) is 0.728. The van der Waals surface area contributed by atoms with E-state index in [2.05, 4.69) is 32.7 Å². The topological polar surface area (TPSA) is 29.3 Å². The van der Waals surface area contributed by atoms with Gasteiger partial charge in [0.25, 0.3) is 0 Å². The Morgan fingerprint density at radius 3 is 2.00 bits per heavy atom. The maximum atomic E-state index is 5.92. The molecular formula is C10H22N2. The number of hydrogen-bond acceptors (Lipinski definition) is 2. The van der Waals surface area contributed by atoms with Gasteiger partial charge in [0.1, 0.15) is 0 Å². The van der Waals surface area contributed by atoms with Crippen LogP contribution >= 0.6 is 0 Å². The zero-order chi connectivity index (χ0) is 9.30. The molecule has 0 aliphatic carbocycles. The third kappa shape index (κ3) is 1.99. The van der Waals surface area contributed by atoms with Gasteiger partial charge in [0.2, 0.25) is 0 Å². The summed E-state index contributed by atoms with van der Waals surface area (Å²) in [4.78, 5) is 2.46. The zero-order valence-electron chi connectivity index (χ0n) is 8.75. The van der Waals surface area contributed by atoms with Crippen LogP contribution in [0.2, 0.25) is 0 Å². The fraction of sp³-hybridized carbons (Fsp3) is 1.00. The smallest absolute Gasteiger partial charge is 0.00699 e. The van der Waals surface area contributed by atoms with Gasteiger partial charge in [0.05, 0.1) is 0 Å². The first-order chi connectivity index (χ1) is 5.52. The summed E-state index contributed by atoms with van der Waals surface area (Å²) in [5.41, 5.74) is 5.92. The third-order valence-electron chi connectivity index (χ3n) is 3.42. The van der Waals surface area contributed by atoms with Gasteiger partial charge in [-0.2, -0.15) is 0 Å². The minimum atomic E-state index is 0.364. The number of hydrogen-bond donors (Lipinski definition) is 1. The second kappa shape index (κ2) is 3.75. The number of likely N-dealkylation sites (tertiary alicyclic amines) is 1. The molecule has 1 saturated heterocycles. The summed E-state index contributed by atoms with van der Waals surface area (Å²) in [6.07, 6.45) is 2.52. The van der Waals surface area contributed by atoms with Crippen LogP contribution in [0.15, 0.2) is 0 Å². The predicted molar refractivity (Wildman–Crippen MR) is 53.1 cm³/mol. The van der Waals surface area contributed by atoms with Gasteiger partial charge in [-0.25, -0.2) is 0 Å². The molecule has 3 atom stereocenters. The van der Waals surface area contributed by atoms with E-state index in [1.807, 2.05) is 0 Å². The van der Waals surface area contributed by atoms with E-state index in [0.29, 0.717) is 18.1 Å². The van der Waals surface area contributed by atoms with Gasteiger partial charge in [-0.05, 0) is 46.6 Å². The lowest BCUT2D eigenvalue weighted by atomic mass is 9.83. The fourth-order valence-electron chi connectivity index (χ4n) is 2.17. The van der Waals surface area contributed by atoms with Crippen LogP contribution in [0.25, 0.3) is 0 Å². The summed E-state index contributed by atoms with van der Waals surface area (Å²) < 4.78 is 0.